The van der Waals surface area contributed by atoms with Crippen LogP contribution < -0.4 is 4.90 Å². The molecule has 2 aromatic rings. The summed E-state index contributed by atoms with van der Waals surface area (Å²) in [6, 6.07) is 11.0. The molecule has 106 valence electrons. The Morgan fingerprint density at radius 2 is 1.95 bits per heavy atom. The largest absolute Gasteiger partial charge is 0.361 e. The average Bonchev–Trinajstić information content (AvgIpc) is 3.01. The predicted octanol–water partition coefficient (Wildman–Crippen LogP) is 3.57. The maximum absolute atomic E-state index is 4.63. The summed E-state index contributed by atoms with van der Waals surface area (Å²) < 4.78 is 0. The maximum atomic E-state index is 4.63. The van der Waals surface area contributed by atoms with Crippen LogP contribution in [0.3, 0.4) is 0 Å². The summed E-state index contributed by atoms with van der Waals surface area (Å²) in [6.45, 7) is 5.46. The molecule has 0 atom stereocenters. The number of hydrogen-bond donors (Lipinski definition) is 0. The van der Waals surface area contributed by atoms with Crippen molar-refractivity contribution in [3.63, 3.8) is 0 Å². The molecule has 0 saturated heterocycles. The number of pyridine rings is 1. The molecule has 3 nitrogen and oxygen atoms in total. The van der Waals surface area contributed by atoms with Crippen LogP contribution in [0, 0.1) is 0 Å². The predicted molar refractivity (Wildman–Crippen MR) is 86.1 cm³/mol. The Morgan fingerprint density at radius 3 is 2.71 bits per heavy atom. The van der Waals surface area contributed by atoms with Crippen molar-refractivity contribution in [1.82, 2.24) is 9.88 Å². The molecular formula is C18H19N3. The summed E-state index contributed by atoms with van der Waals surface area (Å²) in [6.07, 6.45) is 6.12. The van der Waals surface area contributed by atoms with Crippen LogP contribution in [0.4, 0.5) is 5.69 Å². The topological polar surface area (TPSA) is 19.4 Å². The molecule has 1 aliphatic carbocycles. The van der Waals surface area contributed by atoms with Gasteiger partial charge in [-0.1, -0.05) is 26.0 Å². The van der Waals surface area contributed by atoms with E-state index in [0.29, 0.717) is 0 Å². The van der Waals surface area contributed by atoms with E-state index in [1.54, 1.807) is 0 Å². The minimum atomic E-state index is 0.0368. The molecule has 1 aromatic carbocycles. The van der Waals surface area contributed by atoms with E-state index in [9.17, 15) is 0 Å². The molecule has 0 bridgehead atoms. The molecule has 0 radical (unpaired) electrons. The number of rotatable bonds is 1. The number of aromatic nitrogens is 1. The minimum absolute atomic E-state index is 0.0368. The normalized spacial score (nSPS) is 18.0. The van der Waals surface area contributed by atoms with Crippen molar-refractivity contribution in [2.75, 3.05) is 18.6 Å². The molecule has 0 unspecified atom stereocenters. The summed E-state index contributed by atoms with van der Waals surface area (Å²) >= 11 is 0. The molecule has 4 rings (SSSR count). The van der Waals surface area contributed by atoms with Crippen molar-refractivity contribution in [3.05, 3.63) is 60.1 Å². The summed E-state index contributed by atoms with van der Waals surface area (Å²) in [7, 11) is 2.09. The van der Waals surface area contributed by atoms with E-state index in [0.717, 1.165) is 12.4 Å². The van der Waals surface area contributed by atoms with Gasteiger partial charge < -0.3 is 9.80 Å². The van der Waals surface area contributed by atoms with Gasteiger partial charge in [0.15, 0.2) is 0 Å². The lowest BCUT2D eigenvalue weighted by Crippen LogP contribution is -2.21. The van der Waals surface area contributed by atoms with Gasteiger partial charge in [-0.25, -0.2) is 0 Å². The smallest absolute Gasteiger partial charge is 0.0938 e. The van der Waals surface area contributed by atoms with Crippen LogP contribution in [0.2, 0.25) is 0 Å². The van der Waals surface area contributed by atoms with Gasteiger partial charge in [0.25, 0.3) is 0 Å². The Morgan fingerprint density at radius 1 is 1.10 bits per heavy atom. The van der Waals surface area contributed by atoms with Gasteiger partial charge in [-0.2, -0.15) is 0 Å². The first kappa shape index (κ1) is 12.5. The van der Waals surface area contributed by atoms with Gasteiger partial charge in [0.2, 0.25) is 0 Å². The first-order valence-electron chi connectivity index (χ1n) is 7.33. The Labute approximate surface area is 125 Å². The minimum Gasteiger partial charge on any atom is -0.361 e. The Bertz CT molecular complexity index is 746. The van der Waals surface area contributed by atoms with Crippen LogP contribution in [-0.2, 0) is 5.41 Å². The molecule has 1 aromatic heterocycles. The first-order chi connectivity index (χ1) is 10.1. The van der Waals surface area contributed by atoms with Crippen molar-refractivity contribution < 1.29 is 0 Å². The lowest BCUT2D eigenvalue weighted by Gasteiger charge is -2.22. The fraction of sp³-hybridized carbons (Fsp3) is 0.278. The van der Waals surface area contributed by atoms with Gasteiger partial charge in [-0.3, -0.25) is 4.98 Å². The van der Waals surface area contributed by atoms with Gasteiger partial charge in [0.05, 0.1) is 12.4 Å². The zero-order valence-electron chi connectivity index (χ0n) is 12.7. The van der Waals surface area contributed by atoms with E-state index in [-0.39, 0.29) is 5.41 Å². The van der Waals surface area contributed by atoms with Gasteiger partial charge in [0.1, 0.15) is 0 Å². The third kappa shape index (κ3) is 1.70. The number of hydrogen-bond acceptors (Lipinski definition) is 3. The van der Waals surface area contributed by atoms with E-state index in [4.69, 9.17) is 0 Å². The second-order valence-corrected chi connectivity index (χ2v) is 6.42. The Balaban J connectivity index is 1.86. The van der Waals surface area contributed by atoms with E-state index >= 15 is 0 Å². The van der Waals surface area contributed by atoms with Crippen molar-refractivity contribution in [2.45, 2.75) is 19.3 Å². The fourth-order valence-corrected chi connectivity index (χ4v) is 3.42. The zero-order valence-corrected chi connectivity index (χ0v) is 12.7. The molecule has 21 heavy (non-hydrogen) atoms. The highest BCUT2D eigenvalue weighted by atomic mass is 15.3. The Kier molecular flexibility index (Phi) is 2.43. The van der Waals surface area contributed by atoms with Crippen molar-refractivity contribution >= 4 is 5.69 Å². The quantitative estimate of drug-likeness (QED) is 0.794. The Hall–Kier alpha value is -2.29. The van der Waals surface area contributed by atoms with Gasteiger partial charge >= 0.3 is 0 Å². The summed E-state index contributed by atoms with van der Waals surface area (Å²) in [5.74, 6) is 0. The van der Waals surface area contributed by atoms with Crippen LogP contribution in [0.1, 0.15) is 25.0 Å². The van der Waals surface area contributed by atoms with Gasteiger partial charge in [0, 0.05) is 42.3 Å². The van der Waals surface area contributed by atoms with Crippen molar-refractivity contribution in [2.24, 2.45) is 0 Å². The second kappa shape index (κ2) is 4.10. The van der Waals surface area contributed by atoms with E-state index in [1.165, 1.54) is 22.4 Å². The van der Waals surface area contributed by atoms with E-state index < -0.39 is 0 Å². The first-order valence-corrected chi connectivity index (χ1v) is 7.33. The van der Waals surface area contributed by atoms with Crippen LogP contribution in [0.15, 0.2) is 48.9 Å². The fourth-order valence-electron chi connectivity index (χ4n) is 3.42. The van der Waals surface area contributed by atoms with Crippen LogP contribution in [0.5, 0.6) is 0 Å². The summed E-state index contributed by atoms with van der Waals surface area (Å²) in [5.41, 5.74) is 6.37. The molecule has 0 amide bonds. The van der Waals surface area contributed by atoms with Crippen LogP contribution >= 0.6 is 0 Å². The number of fused-ring (bicyclic) bond motifs is 3. The molecule has 0 saturated carbocycles. The lowest BCUT2D eigenvalue weighted by molar-refractivity contribution is 0.495. The molecule has 0 fully saturated rings. The second-order valence-electron chi connectivity index (χ2n) is 6.42. The zero-order chi connectivity index (χ0) is 14.6. The van der Waals surface area contributed by atoms with Gasteiger partial charge in [-0.05, 0) is 29.3 Å². The van der Waals surface area contributed by atoms with Gasteiger partial charge in [-0.15, -0.1) is 0 Å². The molecule has 2 heterocycles. The summed E-state index contributed by atoms with van der Waals surface area (Å²) in [5, 5.41) is 0. The van der Waals surface area contributed by atoms with Crippen LogP contribution in [0.25, 0.3) is 11.3 Å². The number of nitrogens with zero attached hydrogens (tertiary/aromatic N) is 3. The molecular weight excluding hydrogens is 258 g/mol. The molecule has 0 N–H and O–H groups in total. The van der Waals surface area contributed by atoms with Crippen molar-refractivity contribution in [1.29, 1.82) is 0 Å². The number of anilines is 1. The SMILES string of the molecule is CN1C=CN(c2ccc3c(c2)-c2ncccc2C3(C)C)C1. The molecule has 2 aliphatic rings. The average molecular weight is 277 g/mol. The summed E-state index contributed by atoms with van der Waals surface area (Å²) in [4.78, 5) is 9.06. The third-order valence-corrected chi connectivity index (χ3v) is 4.62. The highest BCUT2D eigenvalue weighted by Gasteiger charge is 2.36. The van der Waals surface area contributed by atoms with E-state index in [2.05, 4.69) is 72.3 Å². The van der Waals surface area contributed by atoms with Crippen LogP contribution in [-0.4, -0.2) is 23.6 Å². The third-order valence-electron chi connectivity index (χ3n) is 4.62. The van der Waals surface area contributed by atoms with Crippen molar-refractivity contribution in [3.8, 4) is 11.3 Å². The monoisotopic (exact) mass is 277 g/mol. The van der Waals surface area contributed by atoms with E-state index in [1.807, 2.05) is 12.3 Å². The highest BCUT2D eigenvalue weighted by Crippen LogP contribution is 2.48. The molecule has 0 spiro atoms. The highest BCUT2D eigenvalue weighted by molar-refractivity contribution is 5.80. The number of benzene rings is 1. The molecule has 1 aliphatic heterocycles. The maximum Gasteiger partial charge on any atom is 0.0938 e. The lowest BCUT2D eigenvalue weighted by atomic mass is 9.83. The molecule has 3 heteroatoms. The standard InChI is InChI=1S/C18H19N3/c1-18(2)15-7-6-13(21-10-9-20(3)12-21)11-14(15)17-16(18)5-4-8-19-17/h4-11H,12H2,1-3H3.